The fraction of sp³-hybridized carbons (Fsp3) is 0.263. The van der Waals surface area contributed by atoms with Crippen LogP contribution in [0.2, 0.25) is 0 Å². The first-order valence-electron chi connectivity index (χ1n) is 8.34. The molecule has 3 heterocycles. The number of aromatic nitrogens is 2. The van der Waals surface area contributed by atoms with E-state index >= 15 is 0 Å². The van der Waals surface area contributed by atoms with Crippen molar-refractivity contribution >= 4 is 17.2 Å². The SMILES string of the molecule is Cc1cc(-c2cccc(N)c2)c2nc(N3CCOCC3)cc(=O)n2c1. The number of ether oxygens (including phenoxy) is 1. The smallest absolute Gasteiger partial charge is 0.259 e. The standard InChI is InChI=1S/C19H20N4O2/c1-13-9-16(14-3-2-4-15(20)10-14)19-21-17(11-18(24)23(19)12-13)22-5-7-25-8-6-22/h2-4,9-12H,5-8,20H2,1H3. The van der Waals surface area contributed by atoms with E-state index in [1.807, 2.05) is 43.5 Å². The average Bonchev–Trinajstić information content (AvgIpc) is 2.62. The number of pyridine rings is 1. The third-order valence-electron chi connectivity index (χ3n) is 4.42. The third kappa shape index (κ3) is 2.96. The summed E-state index contributed by atoms with van der Waals surface area (Å²) in [6, 6.07) is 11.3. The van der Waals surface area contributed by atoms with Gasteiger partial charge in [0.2, 0.25) is 0 Å². The summed E-state index contributed by atoms with van der Waals surface area (Å²) < 4.78 is 7.00. The number of hydrogen-bond donors (Lipinski definition) is 1. The van der Waals surface area contributed by atoms with Gasteiger partial charge in [-0.3, -0.25) is 9.20 Å². The normalized spacial score (nSPS) is 14.8. The molecule has 1 saturated heterocycles. The van der Waals surface area contributed by atoms with Gasteiger partial charge in [-0.05, 0) is 36.2 Å². The van der Waals surface area contributed by atoms with E-state index in [1.54, 1.807) is 10.5 Å². The minimum Gasteiger partial charge on any atom is -0.399 e. The molecule has 0 radical (unpaired) electrons. The molecule has 0 unspecified atom stereocenters. The van der Waals surface area contributed by atoms with Crippen LogP contribution in [-0.4, -0.2) is 35.7 Å². The van der Waals surface area contributed by atoms with Gasteiger partial charge in [-0.25, -0.2) is 4.98 Å². The van der Waals surface area contributed by atoms with Gasteiger partial charge >= 0.3 is 0 Å². The number of hydrogen-bond acceptors (Lipinski definition) is 5. The molecule has 2 N–H and O–H groups in total. The van der Waals surface area contributed by atoms with Crippen molar-refractivity contribution in [3.05, 3.63) is 58.5 Å². The molecule has 0 saturated carbocycles. The number of rotatable bonds is 2. The van der Waals surface area contributed by atoms with Crippen LogP contribution in [0.5, 0.6) is 0 Å². The van der Waals surface area contributed by atoms with Crippen LogP contribution in [0.4, 0.5) is 11.5 Å². The molecule has 1 aromatic carbocycles. The van der Waals surface area contributed by atoms with E-state index in [1.165, 1.54) is 0 Å². The van der Waals surface area contributed by atoms with Gasteiger partial charge in [0.1, 0.15) is 11.5 Å². The minimum absolute atomic E-state index is 0.0830. The summed E-state index contributed by atoms with van der Waals surface area (Å²) in [5.41, 5.74) is 10.0. The van der Waals surface area contributed by atoms with Gasteiger partial charge in [0.25, 0.3) is 5.56 Å². The highest BCUT2D eigenvalue weighted by Gasteiger charge is 2.16. The maximum absolute atomic E-state index is 12.7. The second-order valence-corrected chi connectivity index (χ2v) is 6.30. The Morgan fingerprint density at radius 3 is 2.72 bits per heavy atom. The van der Waals surface area contributed by atoms with Crippen LogP contribution < -0.4 is 16.2 Å². The fourth-order valence-corrected chi connectivity index (χ4v) is 3.20. The Morgan fingerprint density at radius 1 is 1.16 bits per heavy atom. The predicted octanol–water partition coefficient (Wildman–Crippen LogP) is 2.09. The Balaban J connectivity index is 1.95. The van der Waals surface area contributed by atoms with Gasteiger partial charge in [-0.2, -0.15) is 0 Å². The predicted molar refractivity (Wildman–Crippen MR) is 99.1 cm³/mol. The second-order valence-electron chi connectivity index (χ2n) is 6.30. The number of morpholine rings is 1. The maximum Gasteiger partial charge on any atom is 0.259 e. The zero-order valence-corrected chi connectivity index (χ0v) is 14.1. The Kier molecular flexibility index (Phi) is 3.89. The molecule has 1 aliphatic heterocycles. The zero-order chi connectivity index (χ0) is 17.4. The number of benzene rings is 1. The summed E-state index contributed by atoms with van der Waals surface area (Å²) in [5.74, 6) is 0.697. The number of fused-ring (bicyclic) bond motifs is 1. The van der Waals surface area contributed by atoms with E-state index in [0.29, 0.717) is 30.4 Å². The molecule has 3 aromatic rings. The highest BCUT2D eigenvalue weighted by molar-refractivity contribution is 5.80. The molecule has 0 atom stereocenters. The molecule has 1 fully saturated rings. The van der Waals surface area contributed by atoms with Crippen LogP contribution in [0.25, 0.3) is 16.8 Å². The van der Waals surface area contributed by atoms with Crippen molar-refractivity contribution < 1.29 is 4.74 Å². The molecule has 128 valence electrons. The van der Waals surface area contributed by atoms with E-state index in [4.69, 9.17) is 15.5 Å². The number of nitrogens with zero attached hydrogens (tertiary/aromatic N) is 3. The first-order valence-corrected chi connectivity index (χ1v) is 8.34. The van der Waals surface area contributed by atoms with E-state index < -0.39 is 0 Å². The molecule has 6 heteroatoms. The van der Waals surface area contributed by atoms with Crippen LogP contribution in [-0.2, 0) is 4.74 Å². The van der Waals surface area contributed by atoms with Crippen molar-refractivity contribution in [2.45, 2.75) is 6.92 Å². The van der Waals surface area contributed by atoms with Gasteiger partial charge in [-0.1, -0.05) is 12.1 Å². The van der Waals surface area contributed by atoms with Crippen LogP contribution in [0.15, 0.2) is 47.4 Å². The highest BCUT2D eigenvalue weighted by Crippen LogP contribution is 2.27. The van der Waals surface area contributed by atoms with E-state index in [-0.39, 0.29) is 5.56 Å². The average molecular weight is 336 g/mol. The summed E-state index contributed by atoms with van der Waals surface area (Å²) >= 11 is 0. The summed E-state index contributed by atoms with van der Waals surface area (Å²) in [6.45, 7) is 4.75. The molecular weight excluding hydrogens is 316 g/mol. The second kappa shape index (κ2) is 6.22. The van der Waals surface area contributed by atoms with Crippen LogP contribution in [0.3, 0.4) is 0 Å². The van der Waals surface area contributed by atoms with Gasteiger partial charge in [-0.15, -0.1) is 0 Å². The third-order valence-corrected chi connectivity index (χ3v) is 4.42. The van der Waals surface area contributed by atoms with Crippen molar-refractivity contribution in [3.8, 4) is 11.1 Å². The minimum atomic E-state index is -0.0830. The van der Waals surface area contributed by atoms with Gasteiger partial charge in [0.15, 0.2) is 0 Å². The molecule has 6 nitrogen and oxygen atoms in total. The van der Waals surface area contributed by atoms with Crippen molar-refractivity contribution in [2.75, 3.05) is 36.9 Å². The first-order chi connectivity index (χ1) is 12.1. The molecule has 0 spiro atoms. The first kappa shape index (κ1) is 15.7. The molecule has 1 aliphatic rings. The summed E-state index contributed by atoms with van der Waals surface area (Å²) in [6.07, 6.45) is 1.82. The number of aryl methyl sites for hydroxylation is 1. The molecule has 0 amide bonds. The van der Waals surface area contributed by atoms with Gasteiger partial charge in [0, 0.05) is 36.6 Å². The quantitative estimate of drug-likeness (QED) is 0.726. The fourth-order valence-electron chi connectivity index (χ4n) is 3.20. The van der Waals surface area contributed by atoms with Crippen LogP contribution in [0, 0.1) is 6.92 Å². The van der Waals surface area contributed by atoms with E-state index in [2.05, 4.69) is 4.90 Å². The molecular formula is C19H20N4O2. The maximum atomic E-state index is 12.7. The van der Waals surface area contributed by atoms with E-state index in [9.17, 15) is 4.79 Å². The Labute approximate surface area is 145 Å². The van der Waals surface area contributed by atoms with Crippen LogP contribution in [0.1, 0.15) is 5.56 Å². The van der Waals surface area contributed by atoms with Crippen molar-refractivity contribution in [1.29, 1.82) is 0 Å². The zero-order valence-electron chi connectivity index (χ0n) is 14.1. The van der Waals surface area contributed by atoms with Gasteiger partial charge in [0.05, 0.1) is 13.2 Å². The Hall–Kier alpha value is -2.86. The number of anilines is 2. The van der Waals surface area contributed by atoms with Crippen LogP contribution >= 0.6 is 0 Å². The lowest BCUT2D eigenvalue weighted by atomic mass is 10.0. The summed E-state index contributed by atoms with van der Waals surface area (Å²) in [4.78, 5) is 19.6. The lowest BCUT2D eigenvalue weighted by Gasteiger charge is -2.28. The highest BCUT2D eigenvalue weighted by atomic mass is 16.5. The molecule has 25 heavy (non-hydrogen) atoms. The summed E-state index contributed by atoms with van der Waals surface area (Å²) in [7, 11) is 0. The monoisotopic (exact) mass is 336 g/mol. The number of nitrogen functional groups attached to an aromatic ring is 1. The Bertz CT molecular complexity index is 990. The van der Waals surface area contributed by atoms with Crippen molar-refractivity contribution in [3.63, 3.8) is 0 Å². The van der Waals surface area contributed by atoms with Gasteiger partial charge < -0.3 is 15.4 Å². The molecule has 4 rings (SSSR count). The molecule has 0 aliphatic carbocycles. The molecule has 0 bridgehead atoms. The topological polar surface area (TPSA) is 72.9 Å². The van der Waals surface area contributed by atoms with E-state index in [0.717, 1.165) is 29.8 Å². The van der Waals surface area contributed by atoms with Crippen molar-refractivity contribution in [1.82, 2.24) is 9.38 Å². The Morgan fingerprint density at radius 2 is 1.96 bits per heavy atom. The largest absolute Gasteiger partial charge is 0.399 e. The lowest BCUT2D eigenvalue weighted by molar-refractivity contribution is 0.122. The van der Waals surface area contributed by atoms with Crippen molar-refractivity contribution in [2.24, 2.45) is 0 Å². The molecule has 2 aromatic heterocycles. The lowest BCUT2D eigenvalue weighted by Crippen LogP contribution is -2.37. The number of nitrogens with two attached hydrogens (primary N) is 1. The summed E-state index contributed by atoms with van der Waals surface area (Å²) in [5, 5.41) is 0.